The molecule has 2 heterocycles. The van der Waals surface area contributed by atoms with E-state index >= 15 is 0 Å². The molecule has 0 radical (unpaired) electrons. The summed E-state index contributed by atoms with van der Waals surface area (Å²) in [6.45, 7) is -0.501. The van der Waals surface area contributed by atoms with Gasteiger partial charge in [0.1, 0.15) is 29.7 Å². The van der Waals surface area contributed by atoms with Crippen LogP contribution in [0.4, 0.5) is 22.0 Å². The number of carbonyl (C=O) groups is 2. The van der Waals surface area contributed by atoms with Crippen molar-refractivity contribution in [3.05, 3.63) is 99.8 Å². The Bertz CT molecular complexity index is 1530. The molecule has 1 atom stereocenters. The average Bonchev–Trinajstić information content (AvgIpc) is 3.28. The molecule has 0 spiro atoms. The van der Waals surface area contributed by atoms with Crippen molar-refractivity contribution in [2.24, 2.45) is 5.73 Å². The number of aromatic nitrogens is 2. The van der Waals surface area contributed by atoms with Crippen LogP contribution in [0.25, 0.3) is 11.3 Å². The fourth-order valence-electron chi connectivity index (χ4n) is 3.61. The summed E-state index contributed by atoms with van der Waals surface area (Å²) < 4.78 is 78.6. The smallest absolute Gasteiger partial charge is 0.416 e. The van der Waals surface area contributed by atoms with Crippen LogP contribution in [0.1, 0.15) is 33.4 Å². The summed E-state index contributed by atoms with van der Waals surface area (Å²) in [5, 5.41) is 2.64. The molecular weight excluding hydrogens is 607 g/mol. The van der Waals surface area contributed by atoms with Crippen LogP contribution in [0.3, 0.4) is 0 Å². The third kappa shape index (κ3) is 6.62. The zero-order valence-electron chi connectivity index (χ0n) is 20.1. The van der Waals surface area contributed by atoms with Gasteiger partial charge in [-0.3, -0.25) is 14.6 Å². The van der Waals surface area contributed by atoms with E-state index in [-0.39, 0.29) is 28.2 Å². The minimum absolute atomic E-state index is 0.0396. The summed E-state index contributed by atoms with van der Waals surface area (Å²) in [5.74, 6) is -5.07. The molecule has 0 fully saturated rings. The summed E-state index contributed by atoms with van der Waals surface area (Å²) in [6.07, 6.45) is -1.62. The third-order valence-corrected chi connectivity index (χ3v) is 6.05. The minimum Gasteiger partial charge on any atom is -0.488 e. The number of primary amides is 1. The molecule has 0 aliphatic rings. The number of ether oxygens (including phenoxy) is 1. The predicted octanol–water partition coefficient (Wildman–Crippen LogP) is 5.37. The van der Waals surface area contributed by atoms with Crippen molar-refractivity contribution < 1.29 is 40.7 Å². The largest absolute Gasteiger partial charge is 0.488 e. The Hall–Kier alpha value is -4.33. The van der Waals surface area contributed by atoms with Crippen LogP contribution >= 0.6 is 15.9 Å². The normalized spacial score (nSPS) is 12.2. The van der Waals surface area contributed by atoms with Crippen molar-refractivity contribution in [1.29, 1.82) is 0 Å². The second-order valence-electron chi connectivity index (χ2n) is 8.32. The Morgan fingerprint density at radius 2 is 1.82 bits per heavy atom. The number of amides is 2. The van der Waals surface area contributed by atoms with Gasteiger partial charge < -0.3 is 20.2 Å². The topological polar surface area (TPSA) is 120 Å². The van der Waals surface area contributed by atoms with Crippen LogP contribution in [0, 0.1) is 11.6 Å². The zero-order valence-corrected chi connectivity index (χ0v) is 21.7. The molecule has 0 aliphatic carbocycles. The Labute approximate surface area is 231 Å². The summed E-state index contributed by atoms with van der Waals surface area (Å²) in [5.41, 5.74) is 4.16. The molecule has 208 valence electrons. The number of nitrogens with one attached hydrogen (secondary N) is 1. The fourth-order valence-corrected chi connectivity index (χ4v) is 4.10. The second-order valence-corrected chi connectivity index (χ2v) is 9.04. The van der Waals surface area contributed by atoms with Gasteiger partial charge in [0.25, 0.3) is 5.91 Å². The first kappa shape index (κ1) is 28.7. The molecular formula is C26H18BrF5N4O4. The van der Waals surface area contributed by atoms with Crippen LogP contribution in [0.15, 0.2) is 70.0 Å². The number of nitrogens with zero attached hydrogens (tertiary/aromatic N) is 2. The molecule has 8 nitrogen and oxygen atoms in total. The number of hydrogen-bond acceptors (Lipinski definition) is 6. The van der Waals surface area contributed by atoms with E-state index in [0.717, 1.165) is 24.3 Å². The first-order chi connectivity index (χ1) is 18.9. The third-order valence-electron chi connectivity index (χ3n) is 5.52. The van der Waals surface area contributed by atoms with Crippen LogP contribution in [-0.2, 0) is 17.4 Å². The molecule has 1 unspecified atom stereocenters. The highest BCUT2D eigenvalue weighted by atomic mass is 79.9. The van der Waals surface area contributed by atoms with E-state index in [4.69, 9.17) is 14.9 Å². The van der Waals surface area contributed by atoms with E-state index in [1.54, 1.807) is 12.1 Å². The summed E-state index contributed by atoms with van der Waals surface area (Å²) in [4.78, 5) is 32.5. The van der Waals surface area contributed by atoms with Gasteiger partial charge in [0.2, 0.25) is 11.8 Å². The monoisotopic (exact) mass is 624 g/mol. The lowest BCUT2D eigenvalue weighted by atomic mass is 10.1. The number of carbonyl (C=O) groups excluding carboxylic acids is 2. The number of rotatable bonds is 9. The van der Waals surface area contributed by atoms with Gasteiger partial charge in [-0.25, -0.2) is 13.8 Å². The van der Waals surface area contributed by atoms with Crippen molar-refractivity contribution >= 4 is 27.7 Å². The number of nitrogens with two attached hydrogens (primary N) is 1. The molecule has 0 saturated heterocycles. The highest BCUT2D eigenvalue weighted by Gasteiger charge is 2.31. The van der Waals surface area contributed by atoms with Crippen molar-refractivity contribution in [2.75, 3.05) is 6.61 Å². The highest BCUT2D eigenvalue weighted by molar-refractivity contribution is 9.10. The van der Waals surface area contributed by atoms with Crippen molar-refractivity contribution in [3.63, 3.8) is 0 Å². The van der Waals surface area contributed by atoms with Gasteiger partial charge in [-0.2, -0.15) is 13.2 Å². The summed E-state index contributed by atoms with van der Waals surface area (Å²) in [6, 6.07) is 8.01. The quantitative estimate of drug-likeness (QED) is 0.241. The lowest BCUT2D eigenvalue weighted by Gasteiger charge is -2.17. The zero-order chi connectivity index (χ0) is 29.0. The van der Waals surface area contributed by atoms with E-state index in [1.807, 2.05) is 0 Å². The van der Waals surface area contributed by atoms with Gasteiger partial charge in [-0.1, -0.05) is 18.2 Å². The predicted molar refractivity (Wildman–Crippen MR) is 134 cm³/mol. The van der Waals surface area contributed by atoms with E-state index < -0.39 is 59.2 Å². The van der Waals surface area contributed by atoms with Crippen molar-refractivity contribution in [3.8, 4) is 17.0 Å². The molecule has 2 aromatic heterocycles. The molecule has 4 aromatic rings. The summed E-state index contributed by atoms with van der Waals surface area (Å²) >= 11 is 3.18. The lowest BCUT2D eigenvalue weighted by molar-refractivity contribution is -0.137. The second kappa shape index (κ2) is 11.8. The molecule has 4 rings (SSSR count). The van der Waals surface area contributed by atoms with Crippen molar-refractivity contribution in [2.45, 2.75) is 18.6 Å². The minimum atomic E-state index is -4.53. The maximum Gasteiger partial charge on any atom is 0.416 e. The van der Waals surface area contributed by atoms with Crippen molar-refractivity contribution in [1.82, 2.24) is 15.3 Å². The number of pyridine rings is 1. The molecule has 3 N–H and O–H groups in total. The molecule has 0 bridgehead atoms. The van der Waals surface area contributed by atoms with E-state index in [9.17, 15) is 31.5 Å². The number of alkyl halides is 3. The van der Waals surface area contributed by atoms with Crippen LogP contribution in [0.2, 0.25) is 0 Å². The van der Waals surface area contributed by atoms with Gasteiger partial charge in [-0.15, -0.1) is 0 Å². The maximum atomic E-state index is 14.7. The average molecular weight is 625 g/mol. The Morgan fingerprint density at radius 1 is 1.10 bits per heavy atom. The number of benzene rings is 2. The first-order valence-corrected chi connectivity index (χ1v) is 12.2. The van der Waals surface area contributed by atoms with Gasteiger partial charge in [0, 0.05) is 18.0 Å². The maximum absolute atomic E-state index is 14.7. The standard InChI is InChI=1S/C26H18BrF5N4O4/c27-23-22(14-3-5-15(6-4-14)26(30,31)32)36-25(40-23)17(35-19(37)10-13-2-1-9-34-11-13)12-39-18-8-7-16(28)20(21(18)29)24(33)38/h1-9,11,17H,10,12H2,(H2,33,38)(H,35,37). The van der Waals surface area contributed by atoms with Gasteiger partial charge >= 0.3 is 6.18 Å². The van der Waals surface area contributed by atoms with Gasteiger partial charge in [0.15, 0.2) is 16.2 Å². The first-order valence-electron chi connectivity index (χ1n) is 11.4. The summed E-state index contributed by atoms with van der Waals surface area (Å²) in [7, 11) is 0. The fraction of sp³-hybridized carbons (Fsp3) is 0.154. The van der Waals surface area contributed by atoms with Crippen LogP contribution < -0.4 is 15.8 Å². The highest BCUT2D eigenvalue weighted by Crippen LogP contribution is 2.34. The number of hydrogen-bond donors (Lipinski definition) is 2. The molecule has 14 heteroatoms. The Morgan fingerprint density at radius 3 is 2.45 bits per heavy atom. The van der Waals surface area contributed by atoms with Crippen LogP contribution in [0.5, 0.6) is 5.75 Å². The Kier molecular flexibility index (Phi) is 8.47. The Balaban J connectivity index is 1.62. The lowest BCUT2D eigenvalue weighted by Crippen LogP contribution is -2.34. The van der Waals surface area contributed by atoms with E-state index in [1.165, 1.54) is 24.5 Å². The van der Waals surface area contributed by atoms with Gasteiger partial charge in [0.05, 0.1) is 12.0 Å². The van der Waals surface area contributed by atoms with E-state index in [0.29, 0.717) is 5.56 Å². The molecule has 0 aliphatic heterocycles. The molecule has 40 heavy (non-hydrogen) atoms. The van der Waals surface area contributed by atoms with Crippen LogP contribution in [-0.4, -0.2) is 28.4 Å². The molecule has 2 aromatic carbocycles. The molecule has 0 saturated carbocycles. The van der Waals surface area contributed by atoms with Gasteiger partial charge in [-0.05, 0) is 51.8 Å². The molecule has 2 amide bonds. The van der Waals surface area contributed by atoms with E-state index in [2.05, 4.69) is 31.2 Å². The number of oxazole rings is 1. The number of halogens is 6. The SMILES string of the molecule is NC(=O)c1c(F)ccc(OCC(NC(=O)Cc2cccnc2)c2nc(-c3ccc(C(F)(F)F)cc3)c(Br)o2)c1F.